The molecule has 19 heavy (non-hydrogen) atoms. The summed E-state index contributed by atoms with van der Waals surface area (Å²) < 4.78 is 26.9. The molecule has 0 bridgehead atoms. The van der Waals surface area contributed by atoms with Crippen molar-refractivity contribution in [1.82, 2.24) is 5.32 Å². The van der Waals surface area contributed by atoms with Crippen molar-refractivity contribution >= 4 is 11.6 Å². The maximum absolute atomic E-state index is 13.5. The molecule has 0 aliphatic carbocycles. The summed E-state index contributed by atoms with van der Waals surface area (Å²) in [6.45, 7) is 2.05. The highest BCUT2D eigenvalue weighted by molar-refractivity contribution is 6.30. The zero-order valence-electron chi connectivity index (χ0n) is 10.5. The molecule has 1 atom stereocenters. The van der Waals surface area contributed by atoms with E-state index in [2.05, 4.69) is 5.32 Å². The van der Waals surface area contributed by atoms with Crippen molar-refractivity contribution in [2.24, 2.45) is 0 Å². The van der Waals surface area contributed by atoms with E-state index in [1.807, 2.05) is 25.1 Å². The maximum Gasteiger partial charge on any atom is 0.130 e. The van der Waals surface area contributed by atoms with E-state index < -0.39 is 11.6 Å². The molecule has 4 heteroatoms. The van der Waals surface area contributed by atoms with Crippen LogP contribution < -0.4 is 5.32 Å². The second-order valence-electron chi connectivity index (χ2n) is 4.36. The van der Waals surface area contributed by atoms with Gasteiger partial charge in [-0.1, -0.05) is 29.8 Å². The Bertz CT molecular complexity index is 552. The fourth-order valence-electron chi connectivity index (χ4n) is 1.85. The number of hydrogen-bond acceptors (Lipinski definition) is 1. The van der Waals surface area contributed by atoms with Crippen LogP contribution in [-0.4, -0.2) is 0 Å². The fourth-order valence-corrected chi connectivity index (χ4v) is 2.05. The van der Waals surface area contributed by atoms with Crippen molar-refractivity contribution in [2.75, 3.05) is 0 Å². The van der Waals surface area contributed by atoms with Crippen LogP contribution in [-0.2, 0) is 6.54 Å². The SMILES string of the molecule is C[C@H](NCc1c(F)cccc1F)c1cccc(Cl)c1. The van der Waals surface area contributed by atoms with Gasteiger partial charge < -0.3 is 5.32 Å². The van der Waals surface area contributed by atoms with E-state index >= 15 is 0 Å². The van der Waals surface area contributed by atoms with Crippen LogP contribution >= 0.6 is 11.6 Å². The van der Waals surface area contributed by atoms with Crippen LogP contribution in [0, 0.1) is 11.6 Å². The Balaban J connectivity index is 2.06. The molecule has 0 saturated carbocycles. The standard InChI is InChI=1S/C15H14ClF2N/c1-10(11-4-2-5-12(16)8-11)19-9-13-14(17)6-3-7-15(13)18/h2-8,10,19H,9H2,1H3/t10-/m0/s1. The van der Waals surface area contributed by atoms with Crippen molar-refractivity contribution in [1.29, 1.82) is 0 Å². The van der Waals surface area contributed by atoms with Crippen LogP contribution in [0.5, 0.6) is 0 Å². The zero-order valence-corrected chi connectivity index (χ0v) is 11.2. The van der Waals surface area contributed by atoms with Crippen molar-refractivity contribution in [2.45, 2.75) is 19.5 Å². The van der Waals surface area contributed by atoms with Gasteiger partial charge in [0.05, 0.1) is 0 Å². The lowest BCUT2D eigenvalue weighted by molar-refractivity contribution is 0.509. The summed E-state index contributed by atoms with van der Waals surface area (Å²) in [4.78, 5) is 0. The number of hydrogen-bond donors (Lipinski definition) is 1. The first-order chi connectivity index (χ1) is 9.08. The van der Waals surface area contributed by atoms with E-state index in [1.54, 1.807) is 6.07 Å². The average molecular weight is 282 g/mol. The maximum atomic E-state index is 13.5. The van der Waals surface area contributed by atoms with Crippen LogP contribution in [0.25, 0.3) is 0 Å². The van der Waals surface area contributed by atoms with Crippen LogP contribution in [0.3, 0.4) is 0 Å². The van der Waals surface area contributed by atoms with E-state index in [1.165, 1.54) is 18.2 Å². The first-order valence-corrected chi connectivity index (χ1v) is 6.37. The van der Waals surface area contributed by atoms with Gasteiger partial charge in [0, 0.05) is 23.2 Å². The molecular formula is C15H14ClF2N. The van der Waals surface area contributed by atoms with Gasteiger partial charge in [-0.05, 0) is 36.8 Å². The van der Waals surface area contributed by atoms with E-state index in [0.717, 1.165) is 5.56 Å². The molecule has 0 heterocycles. The highest BCUT2D eigenvalue weighted by Crippen LogP contribution is 2.19. The molecular weight excluding hydrogens is 268 g/mol. The number of halogens is 3. The van der Waals surface area contributed by atoms with Crippen molar-refractivity contribution in [3.8, 4) is 0 Å². The van der Waals surface area contributed by atoms with E-state index in [-0.39, 0.29) is 18.2 Å². The molecule has 0 fully saturated rings. The fraction of sp³-hybridized carbons (Fsp3) is 0.200. The van der Waals surface area contributed by atoms with Gasteiger partial charge in [0.25, 0.3) is 0 Å². The van der Waals surface area contributed by atoms with Gasteiger partial charge >= 0.3 is 0 Å². The molecule has 100 valence electrons. The zero-order chi connectivity index (χ0) is 13.8. The number of nitrogens with one attached hydrogen (secondary N) is 1. The highest BCUT2D eigenvalue weighted by Gasteiger charge is 2.10. The highest BCUT2D eigenvalue weighted by atomic mass is 35.5. The minimum Gasteiger partial charge on any atom is -0.306 e. The van der Waals surface area contributed by atoms with E-state index in [0.29, 0.717) is 5.02 Å². The molecule has 0 aliphatic rings. The minimum absolute atomic E-state index is 0.0438. The lowest BCUT2D eigenvalue weighted by atomic mass is 10.1. The number of rotatable bonds is 4. The first-order valence-electron chi connectivity index (χ1n) is 5.99. The summed E-state index contributed by atoms with van der Waals surface area (Å²) in [5, 5.41) is 3.73. The Morgan fingerprint density at radius 3 is 2.37 bits per heavy atom. The summed E-state index contributed by atoms with van der Waals surface area (Å²) >= 11 is 5.91. The first kappa shape index (κ1) is 14.0. The van der Waals surface area contributed by atoms with Gasteiger partial charge in [0.2, 0.25) is 0 Å². The third kappa shape index (κ3) is 3.52. The Hall–Kier alpha value is -1.45. The summed E-state index contributed by atoms with van der Waals surface area (Å²) in [6.07, 6.45) is 0. The quantitative estimate of drug-likeness (QED) is 0.872. The van der Waals surface area contributed by atoms with Gasteiger partial charge in [-0.15, -0.1) is 0 Å². The Morgan fingerprint density at radius 1 is 1.11 bits per heavy atom. The lowest BCUT2D eigenvalue weighted by Gasteiger charge is -2.15. The molecule has 2 aromatic carbocycles. The monoisotopic (exact) mass is 281 g/mol. The van der Waals surface area contributed by atoms with Crippen molar-refractivity contribution < 1.29 is 8.78 Å². The summed E-state index contributed by atoms with van der Waals surface area (Å²) in [5.41, 5.74) is 1.03. The van der Waals surface area contributed by atoms with Crippen LogP contribution in [0.15, 0.2) is 42.5 Å². The second kappa shape index (κ2) is 6.13. The predicted octanol–water partition coefficient (Wildman–Crippen LogP) is 4.47. The molecule has 2 aromatic rings. The largest absolute Gasteiger partial charge is 0.306 e. The predicted molar refractivity (Wildman–Crippen MR) is 73.1 cm³/mol. The van der Waals surface area contributed by atoms with Gasteiger partial charge in [-0.3, -0.25) is 0 Å². The molecule has 1 N–H and O–H groups in total. The molecule has 0 radical (unpaired) electrons. The third-order valence-corrected chi connectivity index (χ3v) is 3.23. The summed E-state index contributed by atoms with van der Waals surface area (Å²) in [7, 11) is 0. The molecule has 0 aromatic heterocycles. The molecule has 0 saturated heterocycles. The van der Waals surface area contributed by atoms with Crippen LogP contribution in [0.4, 0.5) is 8.78 Å². The van der Waals surface area contributed by atoms with Gasteiger partial charge in [-0.2, -0.15) is 0 Å². The van der Waals surface area contributed by atoms with Crippen molar-refractivity contribution in [3.63, 3.8) is 0 Å². The van der Waals surface area contributed by atoms with Crippen LogP contribution in [0.1, 0.15) is 24.1 Å². The molecule has 0 unspecified atom stereocenters. The molecule has 0 spiro atoms. The summed E-state index contributed by atoms with van der Waals surface area (Å²) in [5.74, 6) is -1.07. The second-order valence-corrected chi connectivity index (χ2v) is 4.79. The van der Waals surface area contributed by atoms with Crippen molar-refractivity contribution in [3.05, 3.63) is 70.2 Å². The molecule has 2 rings (SSSR count). The smallest absolute Gasteiger partial charge is 0.130 e. The van der Waals surface area contributed by atoms with Crippen LogP contribution in [0.2, 0.25) is 5.02 Å². The number of benzene rings is 2. The Kier molecular flexibility index (Phi) is 4.51. The average Bonchev–Trinajstić information content (AvgIpc) is 2.38. The Labute approximate surface area is 116 Å². The van der Waals surface area contributed by atoms with Gasteiger partial charge in [-0.25, -0.2) is 8.78 Å². The molecule has 1 nitrogen and oxygen atoms in total. The summed E-state index contributed by atoms with van der Waals surface area (Å²) in [6, 6.07) is 11.2. The minimum atomic E-state index is -0.536. The van der Waals surface area contributed by atoms with E-state index in [4.69, 9.17) is 11.6 Å². The van der Waals surface area contributed by atoms with Gasteiger partial charge in [0.1, 0.15) is 11.6 Å². The molecule has 0 aliphatic heterocycles. The molecule has 0 amide bonds. The lowest BCUT2D eigenvalue weighted by Crippen LogP contribution is -2.19. The van der Waals surface area contributed by atoms with E-state index in [9.17, 15) is 8.78 Å². The third-order valence-electron chi connectivity index (χ3n) is 3.00. The topological polar surface area (TPSA) is 12.0 Å². The normalized spacial score (nSPS) is 12.4. The Morgan fingerprint density at radius 2 is 1.74 bits per heavy atom. The van der Waals surface area contributed by atoms with Gasteiger partial charge in [0.15, 0.2) is 0 Å².